The molecule has 158 valence electrons. The van der Waals surface area contributed by atoms with Gasteiger partial charge in [-0.25, -0.2) is 9.69 Å². The predicted octanol–water partition coefficient (Wildman–Crippen LogP) is 2.30. The first-order chi connectivity index (χ1) is 13.8. The van der Waals surface area contributed by atoms with Crippen molar-refractivity contribution in [3.63, 3.8) is 0 Å². The maximum absolute atomic E-state index is 12.9. The zero-order chi connectivity index (χ0) is 21.3. The van der Waals surface area contributed by atoms with Crippen molar-refractivity contribution in [2.24, 2.45) is 5.92 Å². The number of hydrogen-bond acceptors (Lipinski definition) is 5. The van der Waals surface area contributed by atoms with Gasteiger partial charge in [-0.3, -0.25) is 19.3 Å². The smallest absolute Gasteiger partial charge is 0.334 e. The van der Waals surface area contributed by atoms with E-state index < -0.39 is 24.4 Å². The quantitative estimate of drug-likeness (QED) is 0.396. The molecule has 2 fully saturated rings. The molecule has 0 radical (unpaired) electrons. The van der Waals surface area contributed by atoms with Crippen LogP contribution in [0.15, 0.2) is 6.07 Å². The summed E-state index contributed by atoms with van der Waals surface area (Å²) in [6, 6.07) is 0.813. The van der Waals surface area contributed by atoms with Crippen LogP contribution in [0.2, 0.25) is 0 Å². The minimum atomic E-state index is -0.908. The largest absolute Gasteiger partial charge is 0.383 e. The lowest BCUT2D eigenvalue weighted by Gasteiger charge is -2.34. The summed E-state index contributed by atoms with van der Waals surface area (Å²) in [4.78, 5) is 52.6. The molecule has 29 heavy (non-hydrogen) atoms. The number of hydrogen-bond donors (Lipinski definition) is 0. The molecule has 1 aromatic rings. The van der Waals surface area contributed by atoms with E-state index in [1.165, 1.54) is 0 Å². The predicted molar refractivity (Wildman–Crippen MR) is 105 cm³/mol. The van der Waals surface area contributed by atoms with Crippen molar-refractivity contribution in [1.82, 2.24) is 14.4 Å². The van der Waals surface area contributed by atoms with Crippen LogP contribution >= 0.6 is 0 Å². The minimum absolute atomic E-state index is 0.153. The SMILES string of the molecule is COCCn1c(C)cc(C(=O)CN2C(=O)C(=O)N([C@H]3CCCC[C@@H]3C)C2=O)c1C. The van der Waals surface area contributed by atoms with Crippen molar-refractivity contribution >= 4 is 23.6 Å². The van der Waals surface area contributed by atoms with Crippen LogP contribution < -0.4 is 0 Å². The Morgan fingerprint density at radius 2 is 1.83 bits per heavy atom. The number of rotatable bonds is 7. The molecule has 0 aromatic carbocycles. The first-order valence-corrected chi connectivity index (χ1v) is 10.2. The maximum Gasteiger partial charge on any atom is 0.334 e. The molecule has 2 heterocycles. The summed E-state index contributed by atoms with van der Waals surface area (Å²) in [6.07, 6.45) is 3.60. The molecule has 0 bridgehead atoms. The second-order valence-electron chi connectivity index (χ2n) is 8.03. The molecule has 4 amide bonds. The highest BCUT2D eigenvalue weighted by Crippen LogP contribution is 2.31. The lowest BCUT2D eigenvalue weighted by atomic mass is 9.85. The van der Waals surface area contributed by atoms with Crippen LogP contribution in [-0.2, 0) is 20.9 Å². The molecular weight excluding hydrogens is 374 g/mol. The van der Waals surface area contributed by atoms with Crippen molar-refractivity contribution in [1.29, 1.82) is 0 Å². The van der Waals surface area contributed by atoms with E-state index in [1.807, 2.05) is 25.3 Å². The molecule has 0 unspecified atom stereocenters. The van der Waals surface area contributed by atoms with Gasteiger partial charge in [0.2, 0.25) is 0 Å². The molecule has 8 heteroatoms. The standard InChI is InChI=1S/C21H29N3O5/c1-13-7-5-6-8-17(13)24-20(27)19(26)23(21(24)28)12-18(25)16-11-14(2)22(15(16)3)9-10-29-4/h11,13,17H,5-10,12H2,1-4H3/t13-,17-/m0/s1. The zero-order valence-corrected chi connectivity index (χ0v) is 17.6. The van der Waals surface area contributed by atoms with Gasteiger partial charge in [0.05, 0.1) is 13.2 Å². The van der Waals surface area contributed by atoms with Gasteiger partial charge in [0, 0.05) is 36.6 Å². The van der Waals surface area contributed by atoms with E-state index >= 15 is 0 Å². The number of carbonyl (C=O) groups is 4. The summed E-state index contributed by atoms with van der Waals surface area (Å²) >= 11 is 0. The fraction of sp³-hybridized carbons (Fsp3) is 0.619. The number of carbonyl (C=O) groups excluding carboxylic acids is 4. The van der Waals surface area contributed by atoms with Gasteiger partial charge < -0.3 is 9.30 Å². The number of ketones is 1. The number of nitrogens with zero attached hydrogens (tertiary/aromatic N) is 3. The first kappa shape index (κ1) is 21.2. The number of aromatic nitrogens is 1. The number of Topliss-reactive ketones (excluding diaryl/α,β-unsaturated/α-hetero) is 1. The Labute approximate surface area is 170 Å². The van der Waals surface area contributed by atoms with E-state index in [4.69, 9.17) is 4.74 Å². The molecular formula is C21H29N3O5. The molecule has 1 aromatic heterocycles. The highest BCUT2D eigenvalue weighted by atomic mass is 16.5. The van der Waals surface area contributed by atoms with E-state index in [1.54, 1.807) is 13.2 Å². The van der Waals surface area contributed by atoms with Crippen LogP contribution in [0.3, 0.4) is 0 Å². The van der Waals surface area contributed by atoms with E-state index in [9.17, 15) is 19.2 Å². The third-order valence-corrected chi connectivity index (χ3v) is 6.18. The van der Waals surface area contributed by atoms with Crippen molar-refractivity contribution in [2.75, 3.05) is 20.3 Å². The van der Waals surface area contributed by atoms with E-state index in [0.29, 0.717) is 25.1 Å². The zero-order valence-electron chi connectivity index (χ0n) is 17.6. The molecule has 0 spiro atoms. The Morgan fingerprint density at radius 3 is 2.48 bits per heavy atom. The van der Waals surface area contributed by atoms with Crippen molar-refractivity contribution in [2.45, 2.75) is 59.0 Å². The van der Waals surface area contributed by atoms with Gasteiger partial charge in [0.25, 0.3) is 0 Å². The first-order valence-electron chi connectivity index (χ1n) is 10.2. The normalized spacial score (nSPS) is 22.7. The van der Waals surface area contributed by atoms with Crippen LogP contribution in [-0.4, -0.2) is 64.3 Å². The summed E-state index contributed by atoms with van der Waals surface area (Å²) in [5.41, 5.74) is 2.11. The molecule has 3 rings (SSSR count). The number of ether oxygens (including phenoxy) is 1. The van der Waals surface area contributed by atoms with Gasteiger partial charge >= 0.3 is 17.8 Å². The van der Waals surface area contributed by atoms with E-state index in [-0.39, 0.29) is 17.7 Å². The van der Waals surface area contributed by atoms with Crippen LogP contribution in [0.4, 0.5) is 4.79 Å². The lowest BCUT2D eigenvalue weighted by Crippen LogP contribution is -2.46. The van der Waals surface area contributed by atoms with Crippen LogP contribution in [0.25, 0.3) is 0 Å². The Morgan fingerprint density at radius 1 is 1.14 bits per heavy atom. The molecule has 1 saturated carbocycles. The molecule has 8 nitrogen and oxygen atoms in total. The monoisotopic (exact) mass is 403 g/mol. The fourth-order valence-electron chi connectivity index (χ4n) is 4.47. The maximum atomic E-state index is 12.9. The van der Waals surface area contributed by atoms with Crippen LogP contribution in [0.1, 0.15) is 54.4 Å². The number of methoxy groups -OCH3 is 1. The van der Waals surface area contributed by atoms with Gasteiger partial charge in [0.1, 0.15) is 0 Å². The van der Waals surface area contributed by atoms with Crippen molar-refractivity contribution < 1.29 is 23.9 Å². The molecule has 1 saturated heterocycles. The Kier molecular flexibility index (Phi) is 6.21. The van der Waals surface area contributed by atoms with Crippen LogP contribution in [0, 0.1) is 19.8 Å². The third-order valence-electron chi connectivity index (χ3n) is 6.18. The number of amides is 4. The second kappa shape index (κ2) is 8.49. The van der Waals surface area contributed by atoms with Crippen molar-refractivity contribution in [3.8, 4) is 0 Å². The summed E-state index contributed by atoms with van der Waals surface area (Å²) < 4.78 is 7.07. The summed E-state index contributed by atoms with van der Waals surface area (Å²) in [5, 5.41) is 0. The molecule has 1 aliphatic carbocycles. The average Bonchev–Trinajstić information content (AvgIpc) is 3.08. The fourth-order valence-corrected chi connectivity index (χ4v) is 4.47. The number of aryl methyl sites for hydroxylation is 1. The molecule has 2 atom stereocenters. The third kappa shape index (κ3) is 3.85. The number of imide groups is 2. The Bertz CT molecular complexity index is 844. The second-order valence-corrected chi connectivity index (χ2v) is 8.03. The number of urea groups is 1. The van der Waals surface area contributed by atoms with Crippen LogP contribution in [0.5, 0.6) is 0 Å². The molecule has 2 aliphatic rings. The highest BCUT2D eigenvalue weighted by Gasteiger charge is 2.49. The van der Waals surface area contributed by atoms with Gasteiger partial charge in [-0.15, -0.1) is 0 Å². The lowest BCUT2D eigenvalue weighted by molar-refractivity contribution is -0.144. The summed E-state index contributed by atoms with van der Waals surface area (Å²) in [6.45, 7) is 6.41. The topological polar surface area (TPSA) is 88.9 Å². The van der Waals surface area contributed by atoms with E-state index in [2.05, 4.69) is 0 Å². The minimum Gasteiger partial charge on any atom is -0.383 e. The van der Waals surface area contributed by atoms with E-state index in [0.717, 1.165) is 40.5 Å². The molecule has 1 aliphatic heterocycles. The van der Waals surface area contributed by atoms with Gasteiger partial charge in [-0.1, -0.05) is 19.8 Å². The average molecular weight is 403 g/mol. The molecule has 0 N–H and O–H groups in total. The highest BCUT2D eigenvalue weighted by molar-refractivity contribution is 6.45. The van der Waals surface area contributed by atoms with Crippen molar-refractivity contribution in [3.05, 3.63) is 23.0 Å². The Balaban J connectivity index is 1.78. The van der Waals surface area contributed by atoms with Gasteiger partial charge in [-0.05, 0) is 38.7 Å². The Hall–Kier alpha value is -2.48. The summed E-state index contributed by atoms with van der Waals surface area (Å²) in [5.74, 6) is -1.92. The summed E-state index contributed by atoms with van der Waals surface area (Å²) in [7, 11) is 1.61. The van der Waals surface area contributed by atoms with Gasteiger partial charge in [-0.2, -0.15) is 0 Å². The van der Waals surface area contributed by atoms with Gasteiger partial charge in [0.15, 0.2) is 5.78 Å².